The Kier molecular flexibility index (Phi) is 3.88. The molecule has 0 bridgehead atoms. The molecule has 3 aromatic rings. The summed E-state index contributed by atoms with van der Waals surface area (Å²) in [6.45, 7) is 0. The third-order valence-corrected chi connectivity index (χ3v) is 3.62. The lowest BCUT2D eigenvalue weighted by molar-refractivity contribution is 0.101. The first kappa shape index (κ1) is 14.3. The van der Waals surface area contributed by atoms with E-state index in [1.54, 1.807) is 42.5 Å². The molecular formula is C15H11BrN4O2. The molecular weight excluding hydrogens is 348 g/mol. The van der Waals surface area contributed by atoms with Crippen LogP contribution in [0.1, 0.15) is 10.6 Å². The van der Waals surface area contributed by atoms with E-state index in [1.807, 2.05) is 12.1 Å². The monoisotopic (exact) mass is 358 g/mol. The minimum atomic E-state index is -0.481. The van der Waals surface area contributed by atoms with E-state index in [1.165, 1.54) is 0 Å². The predicted molar refractivity (Wildman–Crippen MR) is 86.3 cm³/mol. The molecule has 1 amide bonds. The van der Waals surface area contributed by atoms with Crippen LogP contribution in [-0.2, 0) is 0 Å². The van der Waals surface area contributed by atoms with Crippen molar-refractivity contribution in [3.05, 3.63) is 75.4 Å². The van der Waals surface area contributed by atoms with Crippen molar-refractivity contribution in [1.29, 1.82) is 0 Å². The van der Waals surface area contributed by atoms with E-state index >= 15 is 0 Å². The molecule has 0 unspecified atom stereocenters. The van der Waals surface area contributed by atoms with Gasteiger partial charge in [-0.1, -0.05) is 30.3 Å². The Labute approximate surface area is 133 Å². The first-order valence-electron chi connectivity index (χ1n) is 6.46. The average molecular weight is 359 g/mol. The summed E-state index contributed by atoms with van der Waals surface area (Å²) in [5.41, 5.74) is 0.705. The molecule has 1 heterocycles. The lowest BCUT2D eigenvalue weighted by Crippen LogP contribution is -2.16. The lowest BCUT2D eigenvalue weighted by Gasteiger charge is -2.02. The molecule has 0 atom stereocenters. The van der Waals surface area contributed by atoms with E-state index in [9.17, 15) is 9.59 Å². The van der Waals surface area contributed by atoms with Gasteiger partial charge in [-0.3, -0.25) is 9.78 Å². The molecule has 1 aromatic heterocycles. The Balaban J connectivity index is 1.91. The van der Waals surface area contributed by atoms with E-state index in [4.69, 9.17) is 0 Å². The Morgan fingerprint density at radius 1 is 1.09 bits per heavy atom. The number of nitrogens with zero attached hydrogens (tertiary/aromatic N) is 2. The molecule has 110 valence electrons. The van der Waals surface area contributed by atoms with Crippen LogP contribution in [0.5, 0.6) is 0 Å². The number of aromatic amines is 1. The van der Waals surface area contributed by atoms with E-state index in [0.29, 0.717) is 15.8 Å². The molecule has 22 heavy (non-hydrogen) atoms. The largest absolute Gasteiger partial charge is 0.348 e. The molecule has 6 nitrogen and oxygen atoms in total. The fourth-order valence-corrected chi connectivity index (χ4v) is 2.38. The van der Waals surface area contributed by atoms with Crippen molar-refractivity contribution < 1.29 is 4.79 Å². The van der Waals surface area contributed by atoms with Crippen molar-refractivity contribution in [3.8, 4) is 5.69 Å². The highest BCUT2D eigenvalue weighted by Gasteiger charge is 2.15. The molecule has 0 fully saturated rings. The fraction of sp³-hybridized carbons (Fsp3) is 0. The van der Waals surface area contributed by atoms with Gasteiger partial charge in [0.2, 0.25) is 5.82 Å². The number of hydrogen-bond donors (Lipinski definition) is 2. The van der Waals surface area contributed by atoms with Gasteiger partial charge in [0.05, 0.1) is 5.69 Å². The number of benzene rings is 2. The van der Waals surface area contributed by atoms with Crippen molar-refractivity contribution >= 4 is 27.5 Å². The normalized spacial score (nSPS) is 10.4. The van der Waals surface area contributed by atoms with Crippen LogP contribution >= 0.6 is 15.9 Å². The van der Waals surface area contributed by atoms with Crippen molar-refractivity contribution in [2.75, 3.05) is 5.32 Å². The SMILES string of the molecule is O=C(Nc1ccccc1)c1nn(-c2ccccc2Br)c(=O)[nH]1. The van der Waals surface area contributed by atoms with Crippen LogP contribution in [-0.4, -0.2) is 20.7 Å². The van der Waals surface area contributed by atoms with Gasteiger partial charge in [-0.2, -0.15) is 4.68 Å². The van der Waals surface area contributed by atoms with Crippen LogP contribution in [0.2, 0.25) is 0 Å². The summed E-state index contributed by atoms with van der Waals surface area (Å²) < 4.78 is 1.85. The third kappa shape index (κ3) is 2.84. The van der Waals surface area contributed by atoms with E-state index < -0.39 is 11.6 Å². The van der Waals surface area contributed by atoms with Crippen molar-refractivity contribution in [1.82, 2.24) is 14.8 Å². The Morgan fingerprint density at radius 3 is 2.50 bits per heavy atom. The molecule has 2 N–H and O–H groups in total. The van der Waals surface area contributed by atoms with Gasteiger partial charge in [-0.25, -0.2) is 4.79 Å². The van der Waals surface area contributed by atoms with Crippen LogP contribution in [0, 0.1) is 0 Å². The number of halogens is 1. The van der Waals surface area contributed by atoms with Crippen LogP contribution in [0.25, 0.3) is 5.69 Å². The minimum Gasteiger partial charge on any atom is -0.319 e. The number of amides is 1. The summed E-state index contributed by atoms with van der Waals surface area (Å²) in [6, 6.07) is 16.1. The lowest BCUT2D eigenvalue weighted by atomic mass is 10.3. The first-order valence-corrected chi connectivity index (χ1v) is 7.25. The third-order valence-electron chi connectivity index (χ3n) is 2.95. The Morgan fingerprint density at radius 2 is 1.77 bits per heavy atom. The number of aromatic nitrogens is 3. The Bertz CT molecular complexity index is 871. The molecule has 0 aliphatic carbocycles. The van der Waals surface area contributed by atoms with E-state index in [2.05, 4.69) is 31.3 Å². The number of H-pyrrole nitrogens is 1. The van der Waals surface area contributed by atoms with Crippen molar-refractivity contribution in [2.24, 2.45) is 0 Å². The number of carbonyl (C=O) groups is 1. The van der Waals surface area contributed by atoms with Gasteiger partial charge in [0.1, 0.15) is 0 Å². The highest BCUT2D eigenvalue weighted by atomic mass is 79.9. The number of carbonyl (C=O) groups excluding carboxylic acids is 1. The van der Waals surface area contributed by atoms with Gasteiger partial charge in [0.15, 0.2) is 0 Å². The van der Waals surface area contributed by atoms with Crippen LogP contribution in [0.15, 0.2) is 63.9 Å². The standard InChI is InChI=1S/C15H11BrN4O2/c16-11-8-4-5-9-12(11)20-15(22)18-13(19-20)14(21)17-10-6-2-1-3-7-10/h1-9H,(H,17,21)(H,18,19,22). The van der Waals surface area contributed by atoms with Crippen LogP contribution in [0.4, 0.5) is 5.69 Å². The summed E-state index contributed by atoms with van der Waals surface area (Å²) in [5, 5.41) is 6.71. The molecule has 0 aliphatic rings. The van der Waals surface area contributed by atoms with Gasteiger partial charge in [0.25, 0.3) is 5.91 Å². The minimum absolute atomic E-state index is 0.0513. The second-order valence-electron chi connectivity index (χ2n) is 4.46. The summed E-state index contributed by atoms with van der Waals surface area (Å²) in [5.74, 6) is -0.529. The molecule has 0 radical (unpaired) electrons. The van der Waals surface area contributed by atoms with Crippen molar-refractivity contribution in [3.63, 3.8) is 0 Å². The summed E-state index contributed by atoms with van der Waals surface area (Å²) in [4.78, 5) is 26.6. The number of anilines is 1. The maximum absolute atomic E-state index is 12.1. The van der Waals surface area contributed by atoms with Crippen LogP contribution < -0.4 is 11.0 Å². The maximum atomic E-state index is 12.1. The first-order chi connectivity index (χ1) is 10.6. The number of para-hydroxylation sites is 2. The van der Waals surface area contributed by atoms with Gasteiger partial charge in [0, 0.05) is 10.2 Å². The zero-order chi connectivity index (χ0) is 15.5. The molecule has 0 saturated heterocycles. The van der Waals surface area contributed by atoms with Crippen LogP contribution in [0.3, 0.4) is 0 Å². The predicted octanol–water partition coefficient (Wildman–Crippen LogP) is 2.58. The molecule has 3 rings (SSSR count). The molecule has 0 spiro atoms. The number of hydrogen-bond acceptors (Lipinski definition) is 3. The summed E-state index contributed by atoms with van der Waals surface area (Å²) >= 11 is 3.35. The quantitative estimate of drug-likeness (QED) is 0.754. The number of nitrogens with one attached hydrogen (secondary N) is 2. The van der Waals surface area contributed by atoms with Gasteiger partial charge in [-0.05, 0) is 40.2 Å². The highest BCUT2D eigenvalue weighted by molar-refractivity contribution is 9.10. The second-order valence-corrected chi connectivity index (χ2v) is 5.32. The van der Waals surface area contributed by atoms with Gasteiger partial charge in [-0.15, -0.1) is 5.10 Å². The smallest absolute Gasteiger partial charge is 0.319 e. The van der Waals surface area contributed by atoms with Crippen molar-refractivity contribution in [2.45, 2.75) is 0 Å². The maximum Gasteiger partial charge on any atom is 0.348 e. The number of rotatable bonds is 3. The summed E-state index contributed by atoms with van der Waals surface area (Å²) in [7, 11) is 0. The molecule has 0 saturated carbocycles. The molecule has 2 aromatic carbocycles. The van der Waals surface area contributed by atoms with E-state index in [-0.39, 0.29) is 5.82 Å². The summed E-state index contributed by atoms with van der Waals surface area (Å²) in [6.07, 6.45) is 0. The topological polar surface area (TPSA) is 79.8 Å². The zero-order valence-corrected chi connectivity index (χ0v) is 12.9. The fourth-order valence-electron chi connectivity index (χ4n) is 1.93. The van der Waals surface area contributed by atoms with Gasteiger partial charge >= 0.3 is 5.69 Å². The molecule has 0 aliphatic heterocycles. The highest BCUT2D eigenvalue weighted by Crippen LogP contribution is 2.18. The Hall–Kier alpha value is -2.67. The zero-order valence-electron chi connectivity index (χ0n) is 11.3. The average Bonchev–Trinajstić information content (AvgIpc) is 2.91. The van der Waals surface area contributed by atoms with E-state index in [0.717, 1.165) is 4.68 Å². The van der Waals surface area contributed by atoms with Gasteiger partial charge < -0.3 is 5.32 Å². The molecule has 7 heteroatoms. The second kappa shape index (κ2) is 5.98.